The number of nitrogens with one attached hydrogen (secondary N) is 2. The van der Waals surface area contributed by atoms with Gasteiger partial charge in [-0.05, 0) is 37.0 Å². The predicted molar refractivity (Wildman–Crippen MR) is 78.5 cm³/mol. The average molecular weight is 303 g/mol. The molecular weight excluding hydrogens is 283 g/mol. The number of aliphatic hydroxyl groups excluding tert-OH is 1. The standard InChI is InChI=1S/C14H20ClFN2O2/c1-9(19)7-14(2,3)8-17-13(20)18-12-6-10(15)4-5-11(12)16/h4-6,9,19H,7-8H2,1-3H3,(H2,17,18,20)/t9-/m0/s1. The molecule has 1 aromatic rings. The van der Waals surface area contributed by atoms with E-state index >= 15 is 0 Å². The third-order valence-corrected chi connectivity index (χ3v) is 2.99. The summed E-state index contributed by atoms with van der Waals surface area (Å²) >= 11 is 5.74. The summed E-state index contributed by atoms with van der Waals surface area (Å²) in [5.74, 6) is -0.548. The van der Waals surface area contributed by atoms with Crippen LogP contribution in [0.2, 0.25) is 5.02 Å². The van der Waals surface area contributed by atoms with E-state index in [2.05, 4.69) is 10.6 Å². The molecule has 0 aliphatic heterocycles. The number of carbonyl (C=O) groups is 1. The van der Waals surface area contributed by atoms with Crippen molar-refractivity contribution in [2.24, 2.45) is 5.41 Å². The lowest BCUT2D eigenvalue weighted by Crippen LogP contribution is -2.38. The van der Waals surface area contributed by atoms with E-state index in [1.807, 2.05) is 13.8 Å². The Labute approximate surface area is 123 Å². The van der Waals surface area contributed by atoms with E-state index in [4.69, 9.17) is 11.6 Å². The smallest absolute Gasteiger partial charge is 0.319 e. The number of aliphatic hydroxyl groups is 1. The van der Waals surface area contributed by atoms with Crippen LogP contribution in [-0.4, -0.2) is 23.8 Å². The van der Waals surface area contributed by atoms with Crippen molar-refractivity contribution in [2.45, 2.75) is 33.3 Å². The summed E-state index contributed by atoms with van der Waals surface area (Å²) in [5.41, 5.74) is -0.221. The molecule has 0 bridgehead atoms. The van der Waals surface area contributed by atoms with Gasteiger partial charge in [-0.2, -0.15) is 0 Å². The lowest BCUT2D eigenvalue weighted by molar-refractivity contribution is 0.129. The van der Waals surface area contributed by atoms with Gasteiger partial charge in [0.25, 0.3) is 0 Å². The Balaban J connectivity index is 2.54. The summed E-state index contributed by atoms with van der Waals surface area (Å²) in [6, 6.07) is 3.43. The SMILES string of the molecule is C[C@H](O)CC(C)(C)CNC(=O)Nc1cc(Cl)ccc1F. The van der Waals surface area contributed by atoms with E-state index in [9.17, 15) is 14.3 Å². The molecule has 3 N–H and O–H groups in total. The second-order valence-corrected chi connectivity index (χ2v) is 6.09. The van der Waals surface area contributed by atoms with E-state index in [0.29, 0.717) is 18.0 Å². The maximum Gasteiger partial charge on any atom is 0.319 e. The molecular formula is C14H20ClFN2O2. The van der Waals surface area contributed by atoms with Crippen molar-refractivity contribution in [3.05, 3.63) is 29.0 Å². The highest BCUT2D eigenvalue weighted by Gasteiger charge is 2.21. The minimum atomic E-state index is -0.548. The van der Waals surface area contributed by atoms with E-state index in [0.717, 1.165) is 0 Å². The van der Waals surface area contributed by atoms with Gasteiger partial charge in [-0.3, -0.25) is 0 Å². The van der Waals surface area contributed by atoms with Gasteiger partial charge in [0.15, 0.2) is 0 Å². The summed E-state index contributed by atoms with van der Waals surface area (Å²) in [6.45, 7) is 5.93. The quantitative estimate of drug-likeness (QED) is 0.780. The summed E-state index contributed by atoms with van der Waals surface area (Å²) in [5, 5.41) is 14.8. The monoisotopic (exact) mass is 302 g/mol. The molecule has 1 rings (SSSR count). The Bertz CT molecular complexity index is 478. The van der Waals surface area contributed by atoms with Crippen LogP contribution in [0.15, 0.2) is 18.2 Å². The molecule has 20 heavy (non-hydrogen) atoms. The van der Waals surface area contributed by atoms with Crippen molar-refractivity contribution >= 4 is 23.3 Å². The summed E-state index contributed by atoms with van der Waals surface area (Å²) < 4.78 is 13.4. The van der Waals surface area contributed by atoms with Crippen LogP contribution in [0.1, 0.15) is 27.2 Å². The number of anilines is 1. The summed E-state index contributed by atoms with van der Waals surface area (Å²) in [4.78, 5) is 11.7. The third-order valence-electron chi connectivity index (χ3n) is 2.75. The van der Waals surface area contributed by atoms with Crippen LogP contribution >= 0.6 is 11.6 Å². The normalized spacial score (nSPS) is 12.9. The van der Waals surface area contributed by atoms with Gasteiger partial charge in [0.1, 0.15) is 5.82 Å². The van der Waals surface area contributed by atoms with Gasteiger partial charge in [0.05, 0.1) is 11.8 Å². The highest BCUT2D eigenvalue weighted by molar-refractivity contribution is 6.30. The van der Waals surface area contributed by atoms with Crippen molar-refractivity contribution in [1.82, 2.24) is 5.32 Å². The molecule has 1 atom stereocenters. The van der Waals surface area contributed by atoms with E-state index in [1.165, 1.54) is 18.2 Å². The molecule has 0 aliphatic rings. The van der Waals surface area contributed by atoms with Crippen LogP contribution in [0.3, 0.4) is 0 Å². The highest BCUT2D eigenvalue weighted by atomic mass is 35.5. The molecule has 0 spiro atoms. The Morgan fingerprint density at radius 1 is 1.50 bits per heavy atom. The van der Waals surface area contributed by atoms with Gasteiger partial charge >= 0.3 is 6.03 Å². The molecule has 0 aromatic heterocycles. The zero-order valence-electron chi connectivity index (χ0n) is 11.8. The second-order valence-electron chi connectivity index (χ2n) is 5.65. The lowest BCUT2D eigenvalue weighted by Gasteiger charge is -2.26. The first-order valence-electron chi connectivity index (χ1n) is 6.37. The van der Waals surface area contributed by atoms with Crippen LogP contribution in [0.25, 0.3) is 0 Å². The van der Waals surface area contributed by atoms with Gasteiger partial charge in [-0.1, -0.05) is 25.4 Å². The molecule has 0 fully saturated rings. The topological polar surface area (TPSA) is 61.4 Å². The lowest BCUT2D eigenvalue weighted by atomic mass is 9.87. The molecule has 0 saturated heterocycles. The molecule has 1 aromatic carbocycles. The highest BCUT2D eigenvalue weighted by Crippen LogP contribution is 2.22. The molecule has 0 heterocycles. The number of urea groups is 1. The minimum Gasteiger partial charge on any atom is -0.393 e. The second kappa shape index (κ2) is 6.90. The molecule has 2 amide bonds. The van der Waals surface area contributed by atoms with Crippen molar-refractivity contribution < 1.29 is 14.3 Å². The van der Waals surface area contributed by atoms with Crippen LogP contribution in [-0.2, 0) is 0 Å². The molecule has 0 saturated carbocycles. The van der Waals surface area contributed by atoms with Gasteiger partial charge in [0.2, 0.25) is 0 Å². The number of hydrogen-bond acceptors (Lipinski definition) is 2. The molecule has 0 radical (unpaired) electrons. The van der Waals surface area contributed by atoms with Crippen LogP contribution in [0, 0.1) is 11.2 Å². The minimum absolute atomic E-state index is 0.0309. The summed E-state index contributed by atoms with van der Waals surface area (Å²) in [7, 11) is 0. The van der Waals surface area contributed by atoms with Crippen molar-refractivity contribution in [1.29, 1.82) is 0 Å². The van der Waals surface area contributed by atoms with Crippen molar-refractivity contribution in [2.75, 3.05) is 11.9 Å². The number of rotatable bonds is 5. The maximum atomic E-state index is 13.4. The molecule has 112 valence electrons. The zero-order chi connectivity index (χ0) is 15.3. The van der Waals surface area contributed by atoms with Crippen LogP contribution < -0.4 is 10.6 Å². The van der Waals surface area contributed by atoms with Crippen LogP contribution in [0.5, 0.6) is 0 Å². The van der Waals surface area contributed by atoms with E-state index in [-0.39, 0.29) is 11.1 Å². The predicted octanol–water partition coefficient (Wildman–Crippen LogP) is 3.40. The Morgan fingerprint density at radius 2 is 2.15 bits per heavy atom. The number of amides is 2. The zero-order valence-corrected chi connectivity index (χ0v) is 12.6. The van der Waals surface area contributed by atoms with Crippen molar-refractivity contribution in [3.63, 3.8) is 0 Å². The number of benzene rings is 1. The molecule has 0 aliphatic carbocycles. The third kappa shape index (κ3) is 5.75. The Kier molecular flexibility index (Phi) is 5.77. The molecule has 0 unspecified atom stereocenters. The average Bonchev–Trinajstić information content (AvgIpc) is 2.30. The largest absolute Gasteiger partial charge is 0.393 e. The summed E-state index contributed by atoms with van der Waals surface area (Å²) in [6.07, 6.45) is 0.110. The molecule has 6 heteroatoms. The fraction of sp³-hybridized carbons (Fsp3) is 0.500. The van der Waals surface area contributed by atoms with Crippen LogP contribution in [0.4, 0.5) is 14.9 Å². The Morgan fingerprint density at radius 3 is 2.75 bits per heavy atom. The number of carbonyl (C=O) groups excluding carboxylic acids is 1. The Hall–Kier alpha value is -1.33. The first-order valence-corrected chi connectivity index (χ1v) is 6.75. The first-order chi connectivity index (χ1) is 9.19. The fourth-order valence-electron chi connectivity index (χ4n) is 1.95. The van der Waals surface area contributed by atoms with Gasteiger partial charge < -0.3 is 15.7 Å². The van der Waals surface area contributed by atoms with Gasteiger partial charge in [-0.15, -0.1) is 0 Å². The van der Waals surface area contributed by atoms with E-state index < -0.39 is 18.0 Å². The molecule has 4 nitrogen and oxygen atoms in total. The fourth-order valence-corrected chi connectivity index (χ4v) is 2.12. The number of halogens is 2. The number of hydrogen-bond donors (Lipinski definition) is 3. The first kappa shape index (κ1) is 16.7. The van der Waals surface area contributed by atoms with Crippen molar-refractivity contribution in [3.8, 4) is 0 Å². The maximum absolute atomic E-state index is 13.4. The van der Waals surface area contributed by atoms with Gasteiger partial charge in [-0.25, -0.2) is 9.18 Å². The van der Waals surface area contributed by atoms with E-state index in [1.54, 1.807) is 6.92 Å². The van der Waals surface area contributed by atoms with Gasteiger partial charge in [0, 0.05) is 11.6 Å².